The number of carboxylic acids is 1. The van der Waals surface area contributed by atoms with Crippen molar-refractivity contribution in [3.05, 3.63) is 71.8 Å². The number of amides is 2. The van der Waals surface area contributed by atoms with Crippen LogP contribution in [0.2, 0.25) is 0 Å². The topological polar surface area (TPSA) is 117 Å². The Balaban J connectivity index is 1.49. The molecule has 2 aromatic rings. The summed E-state index contributed by atoms with van der Waals surface area (Å²) in [5, 5.41) is 14.1. The molecule has 4 N–H and O–H groups in total. The minimum Gasteiger partial charge on any atom is -0.548 e. The van der Waals surface area contributed by atoms with Gasteiger partial charge in [0.1, 0.15) is 0 Å². The Hall–Kier alpha value is -3.19. The number of aliphatic carboxylic acids is 1. The second kappa shape index (κ2) is 10.7. The third-order valence-electron chi connectivity index (χ3n) is 5.74. The van der Waals surface area contributed by atoms with Crippen LogP contribution < -0.4 is 16.2 Å². The van der Waals surface area contributed by atoms with Crippen molar-refractivity contribution in [1.82, 2.24) is 10.2 Å². The van der Waals surface area contributed by atoms with Gasteiger partial charge < -0.3 is 25.9 Å². The van der Waals surface area contributed by atoms with Crippen LogP contribution in [0.5, 0.6) is 0 Å². The average molecular weight is 424 g/mol. The van der Waals surface area contributed by atoms with Gasteiger partial charge in [-0.1, -0.05) is 60.7 Å². The van der Waals surface area contributed by atoms with Crippen LogP contribution in [0.4, 0.5) is 0 Å². The fourth-order valence-electron chi connectivity index (χ4n) is 3.94. The molecule has 0 spiro atoms. The zero-order valence-electron chi connectivity index (χ0n) is 17.5. The summed E-state index contributed by atoms with van der Waals surface area (Å²) in [6.07, 6.45) is 1.75. The minimum absolute atomic E-state index is 0.0144. The molecule has 164 valence electrons. The van der Waals surface area contributed by atoms with E-state index in [2.05, 4.69) is 11.1 Å². The molecule has 3 rings (SSSR count). The third-order valence-corrected chi connectivity index (χ3v) is 5.74. The number of piperidine rings is 1. The fraction of sp³-hybridized carbons (Fsp3) is 0.375. The summed E-state index contributed by atoms with van der Waals surface area (Å²) in [4.78, 5) is 38.6. The molecular weight excluding hydrogens is 394 g/mol. The largest absolute Gasteiger partial charge is 0.548 e. The van der Waals surface area contributed by atoms with E-state index in [1.54, 1.807) is 4.90 Å². The molecule has 1 aliphatic rings. The number of hydrogen-bond acceptors (Lipinski definition) is 4. The number of quaternary nitrogens is 1. The Morgan fingerprint density at radius 2 is 1.45 bits per heavy atom. The van der Waals surface area contributed by atoms with E-state index < -0.39 is 12.0 Å². The molecule has 0 saturated carbocycles. The van der Waals surface area contributed by atoms with Crippen LogP contribution in [0.3, 0.4) is 0 Å². The molecule has 2 atom stereocenters. The van der Waals surface area contributed by atoms with Crippen LogP contribution in [0, 0.1) is 5.92 Å². The van der Waals surface area contributed by atoms with Crippen molar-refractivity contribution >= 4 is 17.8 Å². The lowest BCUT2D eigenvalue weighted by Crippen LogP contribution is -2.69. The molecule has 0 bridgehead atoms. The summed E-state index contributed by atoms with van der Waals surface area (Å²) in [6.45, 7) is 0.929. The first-order valence-corrected chi connectivity index (χ1v) is 10.6. The SMILES string of the molecule is [NH3+][C@@H](Cc1ccccc1)C(=O)N1CCC(C(=O)N[C@@H](Cc2ccccc2)C(=O)[O-])CC1. The van der Waals surface area contributed by atoms with Gasteiger partial charge in [0.05, 0.1) is 12.0 Å². The van der Waals surface area contributed by atoms with Gasteiger partial charge in [-0.3, -0.25) is 9.59 Å². The van der Waals surface area contributed by atoms with Gasteiger partial charge in [-0.15, -0.1) is 0 Å². The molecule has 0 aliphatic carbocycles. The first kappa shape index (κ1) is 22.5. The number of carboxylic acid groups (broad SMARTS) is 1. The molecule has 2 amide bonds. The van der Waals surface area contributed by atoms with Gasteiger partial charge in [0.15, 0.2) is 6.04 Å². The smallest absolute Gasteiger partial charge is 0.281 e. The summed E-state index contributed by atoms with van der Waals surface area (Å²) < 4.78 is 0. The van der Waals surface area contributed by atoms with Crippen LogP contribution in [-0.2, 0) is 27.2 Å². The maximum atomic E-state index is 12.7. The quantitative estimate of drug-likeness (QED) is 0.598. The van der Waals surface area contributed by atoms with E-state index in [1.807, 2.05) is 60.7 Å². The summed E-state index contributed by atoms with van der Waals surface area (Å²) >= 11 is 0. The summed E-state index contributed by atoms with van der Waals surface area (Å²) in [7, 11) is 0. The van der Waals surface area contributed by atoms with Crippen molar-refractivity contribution in [1.29, 1.82) is 0 Å². The summed E-state index contributed by atoms with van der Waals surface area (Å²) in [5.74, 6) is -1.93. The van der Waals surface area contributed by atoms with Gasteiger partial charge in [0.2, 0.25) is 5.91 Å². The Labute approximate surface area is 182 Å². The zero-order chi connectivity index (χ0) is 22.2. The highest BCUT2D eigenvalue weighted by Crippen LogP contribution is 2.19. The van der Waals surface area contributed by atoms with Crippen molar-refractivity contribution in [2.24, 2.45) is 5.92 Å². The van der Waals surface area contributed by atoms with Crippen LogP contribution >= 0.6 is 0 Å². The highest BCUT2D eigenvalue weighted by atomic mass is 16.4. The Morgan fingerprint density at radius 3 is 1.97 bits per heavy atom. The molecule has 0 radical (unpaired) electrons. The van der Waals surface area contributed by atoms with Crippen LogP contribution in [0.15, 0.2) is 60.7 Å². The van der Waals surface area contributed by atoms with E-state index in [4.69, 9.17) is 0 Å². The number of rotatable bonds is 8. The van der Waals surface area contributed by atoms with Crippen molar-refractivity contribution in [2.75, 3.05) is 13.1 Å². The first-order chi connectivity index (χ1) is 14.9. The van der Waals surface area contributed by atoms with Crippen molar-refractivity contribution in [2.45, 2.75) is 37.8 Å². The molecule has 31 heavy (non-hydrogen) atoms. The number of carbonyl (C=O) groups is 3. The normalized spacial score (nSPS) is 16.4. The summed E-state index contributed by atoms with van der Waals surface area (Å²) in [6, 6.07) is 17.4. The Bertz CT molecular complexity index is 880. The second-order valence-corrected chi connectivity index (χ2v) is 8.06. The zero-order valence-corrected chi connectivity index (χ0v) is 17.5. The van der Waals surface area contributed by atoms with E-state index in [0.29, 0.717) is 32.4 Å². The Morgan fingerprint density at radius 1 is 0.935 bits per heavy atom. The molecule has 1 heterocycles. The van der Waals surface area contributed by atoms with E-state index in [1.165, 1.54) is 0 Å². The van der Waals surface area contributed by atoms with Gasteiger partial charge in [0.25, 0.3) is 5.91 Å². The minimum atomic E-state index is -1.30. The fourth-order valence-corrected chi connectivity index (χ4v) is 3.94. The van der Waals surface area contributed by atoms with Gasteiger partial charge >= 0.3 is 0 Å². The highest BCUT2D eigenvalue weighted by Gasteiger charge is 2.31. The molecule has 7 nitrogen and oxygen atoms in total. The maximum Gasteiger partial charge on any atom is 0.281 e. The van der Waals surface area contributed by atoms with Gasteiger partial charge in [0, 0.05) is 25.4 Å². The van der Waals surface area contributed by atoms with Crippen LogP contribution in [0.1, 0.15) is 24.0 Å². The predicted molar refractivity (Wildman–Crippen MR) is 113 cm³/mol. The molecule has 1 saturated heterocycles. The lowest BCUT2D eigenvalue weighted by atomic mass is 9.94. The maximum absolute atomic E-state index is 12.7. The van der Waals surface area contributed by atoms with E-state index >= 15 is 0 Å². The van der Waals surface area contributed by atoms with Crippen LogP contribution in [0.25, 0.3) is 0 Å². The standard InChI is InChI=1S/C24H29N3O4/c25-20(15-17-7-3-1-4-8-17)23(29)27-13-11-19(12-14-27)22(28)26-21(24(30)31)16-18-9-5-2-6-10-18/h1-10,19-21H,11-16,25H2,(H,26,28)(H,30,31)/t20-,21-/m0/s1. The number of hydrogen-bond donors (Lipinski definition) is 2. The van der Waals surface area contributed by atoms with E-state index in [0.717, 1.165) is 11.1 Å². The molecule has 0 unspecified atom stereocenters. The lowest BCUT2D eigenvalue weighted by molar-refractivity contribution is -0.405. The molecule has 7 heteroatoms. The molecule has 1 fully saturated rings. The first-order valence-electron chi connectivity index (χ1n) is 10.6. The number of benzene rings is 2. The van der Waals surface area contributed by atoms with Crippen molar-refractivity contribution in [3.63, 3.8) is 0 Å². The Kier molecular flexibility index (Phi) is 7.78. The number of nitrogens with one attached hydrogen (secondary N) is 1. The van der Waals surface area contributed by atoms with E-state index in [9.17, 15) is 19.5 Å². The predicted octanol–water partition coefficient (Wildman–Crippen LogP) is -0.444. The van der Waals surface area contributed by atoms with Gasteiger partial charge in [-0.25, -0.2) is 0 Å². The number of likely N-dealkylation sites (tertiary alicyclic amines) is 1. The average Bonchev–Trinajstić information content (AvgIpc) is 2.79. The third kappa shape index (κ3) is 6.39. The molecular formula is C24H29N3O4. The summed E-state index contributed by atoms with van der Waals surface area (Å²) in [5.41, 5.74) is 5.90. The van der Waals surface area contributed by atoms with Crippen molar-refractivity contribution < 1.29 is 25.2 Å². The van der Waals surface area contributed by atoms with Crippen LogP contribution in [-0.4, -0.2) is 47.9 Å². The second-order valence-electron chi connectivity index (χ2n) is 8.06. The number of nitrogens with zero attached hydrogens (tertiary/aromatic N) is 1. The van der Waals surface area contributed by atoms with Gasteiger partial charge in [-0.2, -0.15) is 0 Å². The molecule has 2 aromatic carbocycles. The van der Waals surface area contributed by atoms with Crippen molar-refractivity contribution in [3.8, 4) is 0 Å². The molecule has 1 aliphatic heterocycles. The molecule has 0 aromatic heterocycles. The number of carbonyl (C=O) groups excluding carboxylic acids is 3. The monoisotopic (exact) mass is 423 g/mol. The van der Waals surface area contributed by atoms with E-state index in [-0.39, 0.29) is 30.2 Å². The van der Waals surface area contributed by atoms with Gasteiger partial charge in [-0.05, 0) is 30.4 Å². The highest BCUT2D eigenvalue weighted by molar-refractivity contribution is 5.85. The lowest BCUT2D eigenvalue weighted by Gasteiger charge is -2.33.